The number of aromatic carboxylic acids is 1. The van der Waals surface area contributed by atoms with Gasteiger partial charge < -0.3 is 9.84 Å². The molecule has 1 heterocycles. The summed E-state index contributed by atoms with van der Waals surface area (Å²) in [6, 6.07) is 1.71. The lowest BCUT2D eigenvalue weighted by atomic mass is 9.97. The van der Waals surface area contributed by atoms with Crippen molar-refractivity contribution in [3.8, 4) is 5.75 Å². The standard InChI is InChI=1S/C13H18O5S2/c1-8-6-11(12(19-8)13(14)15)18-9-4-3-5-10(7-9)20(2,16)17/h6,9-10H,3-5,7H2,1-2H3,(H,14,15). The molecule has 1 saturated carbocycles. The van der Waals surface area contributed by atoms with Gasteiger partial charge in [-0.15, -0.1) is 11.3 Å². The maximum Gasteiger partial charge on any atom is 0.349 e. The Labute approximate surface area is 122 Å². The van der Waals surface area contributed by atoms with Crippen LogP contribution in [0.1, 0.15) is 40.2 Å². The summed E-state index contributed by atoms with van der Waals surface area (Å²) in [5.74, 6) is -0.646. The highest BCUT2D eigenvalue weighted by molar-refractivity contribution is 7.91. The molecular weight excluding hydrogens is 300 g/mol. The van der Waals surface area contributed by atoms with Crippen LogP contribution in [0.2, 0.25) is 0 Å². The summed E-state index contributed by atoms with van der Waals surface area (Å²) in [6.07, 6.45) is 3.67. The van der Waals surface area contributed by atoms with Crippen LogP contribution >= 0.6 is 11.3 Å². The Morgan fingerprint density at radius 1 is 1.45 bits per heavy atom. The van der Waals surface area contributed by atoms with E-state index < -0.39 is 15.8 Å². The van der Waals surface area contributed by atoms with E-state index in [2.05, 4.69) is 0 Å². The van der Waals surface area contributed by atoms with Crippen LogP contribution in [0, 0.1) is 6.92 Å². The molecule has 2 unspecified atom stereocenters. The van der Waals surface area contributed by atoms with Gasteiger partial charge in [0.1, 0.15) is 21.7 Å². The van der Waals surface area contributed by atoms with Gasteiger partial charge in [0.2, 0.25) is 0 Å². The number of carbonyl (C=O) groups is 1. The van der Waals surface area contributed by atoms with E-state index in [-0.39, 0.29) is 16.2 Å². The smallest absolute Gasteiger partial charge is 0.349 e. The fourth-order valence-corrected chi connectivity index (χ4v) is 4.45. The Morgan fingerprint density at radius 2 is 2.15 bits per heavy atom. The number of aryl methyl sites for hydroxylation is 1. The Kier molecular flexibility index (Phi) is 4.39. The van der Waals surface area contributed by atoms with Crippen LogP contribution < -0.4 is 4.74 Å². The first-order valence-electron chi connectivity index (χ1n) is 6.46. The van der Waals surface area contributed by atoms with Crippen LogP contribution in [-0.2, 0) is 9.84 Å². The highest BCUT2D eigenvalue weighted by atomic mass is 32.2. The number of carboxylic acid groups (broad SMARTS) is 1. The van der Waals surface area contributed by atoms with E-state index >= 15 is 0 Å². The van der Waals surface area contributed by atoms with Gasteiger partial charge >= 0.3 is 5.97 Å². The summed E-state index contributed by atoms with van der Waals surface area (Å²) < 4.78 is 29.0. The summed E-state index contributed by atoms with van der Waals surface area (Å²) in [5, 5.41) is 8.74. The predicted molar refractivity (Wildman–Crippen MR) is 77.5 cm³/mol. The number of carboxylic acids is 1. The first-order valence-corrected chi connectivity index (χ1v) is 9.23. The van der Waals surface area contributed by atoms with Crippen molar-refractivity contribution in [2.75, 3.05) is 6.26 Å². The Morgan fingerprint density at radius 3 is 2.75 bits per heavy atom. The average Bonchev–Trinajstić information content (AvgIpc) is 2.69. The quantitative estimate of drug-likeness (QED) is 0.922. The molecule has 0 bridgehead atoms. The van der Waals surface area contributed by atoms with Crippen molar-refractivity contribution in [2.45, 2.75) is 44.0 Å². The largest absolute Gasteiger partial charge is 0.489 e. The molecule has 2 rings (SSSR count). The van der Waals surface area contributed by atoms with Gasteiger partial charge in [-0.3, -0.25) is 0 Å². The van der Waals surface area contributed by atoms with Crippen LogP contribution in [0.4, 0.5) is 0 Å². The second-order valence-electron chi connectivity index (χ2n) is 5.21. The second-order valence-corrected chi connectivity index (χ2v) is 8.80. The van der Waals surface area contributed by atoms with Crippen LogP contribution in [0.5, 0.6) is 5.75 Å². The predicted octanol–water partition coefficient (Wildman–Crippen LogP) is 2.49. The van der Waals surface area contributed by atoms with Crippen molar-refractivity contribution in [3.05, 3.63) is 15.8 Å². The molecule has 20 heavy (non-hydrogen) atoms. The maximum absolute atomic E-state index is 11.6. The Balaban J connectivity index is 2.12. The zero-order valence-electron chi connectivity index (χ0n) is 11.5. The summed E-state index contributed by atoms with van der Waals surface area (Å²) >= 11 is 1.17. The molecule has 1 aromatic heterocycles. The van der Waals surface area contributed by atoms with E-state index in [1.54, 1.807) is 6.07 Å². The molecule has 2 atom stereocenters. The molecule has 0 amide bonds. The molecule has 1 aromatic rings. The highest BCUT2D eigenvalue weighted by Gasteiger charge is 2.31. The van der Waals surface area contributed by atoms with Crippen molar-refractivity contribution in [2.24, 2.45) is 0 Å². The lowest BCUT2D eigenvalue weighted by Crippen LogP contribution is -2.33. The SMILES string of the molecule is Cc1cc(OC2CCCC(S(C)(=O)=O)C2)c(C(=O)O)s1. The summed E-state index contributed by atoms with van der Waals surface area (Å²) in [6.45, 7) is 1.82. The van der Waals surface area contributed by atoms with E-state index in [4.69, 9.17) is 9.84 Å². The molecule has 0 radical (unpaired) electrons. The number of hydrogen-bond acceptors (Lipinski definition) is 5. The van der Waals surface area contributed by atoms with Crippen LogP contribution in [0.3, 0.4) is 0 Å². The lowest BCUT2D eigenvalue weighted by Gasteiger charge is -2.28. The molecule has 0 spiro atoms. The normalized spacial score (nSPS) is 23.5. The first kappa shape index (κ1) is 15.3. The van der Waals surface area contributed by atoms with E-state index in [1.165, 1.54) is 17.6 Å². The summed E-state index contributed by atoms with van der Waals surface area (Å²) in [5.41, 5.74) is 0. The van der Waals surface area contributed by atoms with Gasteiger partial charge in [-0.05, 0) is 32.3 Å². The zero-order valence-corrected chi connectivity index (χ0v) is 13.1. The van der Waals surface area contributed by atoms with E-state index in [9.17, 15) is 13.2 Å². The molecule has 7 heteroatoms. The minimum Gasteiger partial charge on any atom is -0.489 e. The number of ether oxygens (including phenoxy) is 1. The number of rotatable bonds is 4. The third-order valence-electron chi connectivity index (χ3n) is 3.49. The summed E-state index contributed by atoms with van der Waals surface area (Å²) in [7, 11) is -3.07. The van der Waals surface area contributed by atoms with Crippen LogP contribution in [0.25, 0.3) is 0 Å². The average molecular weight is 318 g/mol. The van der Waals surface area contributed by atoms with Crippen molar-refractivity contribution >= 4 is 27.1 Å². The second kappa shape index (κ2) is 5.73. The Hall–Kier alpha value is -1.08. The van der Waals surface area contributed by atoms with Crippen molar-refractivity contribution < 1.29 is 23.1 Å². The van der Waals surface area contributed by atoms with Crippen LogP contribution in [-0.4, -0.2) is 37.1 Å². The molecule has 1 fully saturated rings. The number of sulfone groups is 1. The van der Waals surface area contributed by atoms with Crippen molar-refractivity contribution in [3.63, 3.8) is 0 Å². The van der Waals surface area contributed by atoms with Gasteiger partial charge in [-0.2, -0.15) is 0 Å². The van der Waals surface area contributed by atoms with Gasteiger partial charge in [-0.1, -0.05) is 0 Å². The molecule has 1 aliphatic carbocycles. The number of thiophene rings is 1. The lowest BCUT2D eigenvalue weighted by molar-refractivity contribution is 0.0692. The fraction of sp³-hybridized carbons (Fsp3) is 0.615. The Bertz CT molecular complexity index is 602. The zero-order chi connectivity index (χ0) is 14.9. The molecule has 0 aromatic carbocycles. The monoisotopic (exact) mass is 318 g/mol. The molecule has 112 valence electrons. The molecule has 5 nitrogen and oxygen atoms in total. The third kappa shape index (κ3) is 3.52. The minimum absolute atomic E-state index is 0.184. The molecule has 1 aliphatic rings. The molecule has 1 N–H and O–H groups in total. The summed E-state index contributed by atoms with van der Waals surface area (Å²) in [4.78, 5) is 12.2. The van der Waals surface area contributed by atoms with Gasteiger partial charge in [0.25, 0.3) is 0 Å². The van der Waals surface area contributed by atoms with Gasteiger partial charge in [0.05, 0.1) is 5.25 Å². The van der Waals surface area contributed by atoms with Crippen molar-refractivity contribution in [1.29, 1.82) is 0 Å². The topological polar surface area (TPSA) is 80.7 Å². The van der Waals surface area contributed by atoms with Gasteiger partial charge in [-0.25, -0.2) is 13.2 Å². The fourth-order valence-electron chi connectivity index (χ4n) is 2.51. The van der Waals surface area contributed by atoms with Gasteiger partial charge in [0, 0.05) is 17.6 Å². The van der Waals surface area contributed by atoms with Gasteiger partial charge in [0.15, 0.2) is 4.88 Å². The van der Waals surface area contributed by atoms with E-state index in [0.717, 1.165) is 17.7 Å². The number of hydrogen-bond donors (Lipinski definition) is 1. The first-order chi connectivity index (χ1) is 9.27. The van der Waals surface area contributed by atoms with Crippen molar-refractivity contribution in [1.82, 2.24) is 0 Å². The van der Waals surface area contributed by atoms with Crippen LogP contribution in [0.15, 0.2) is 6.07 Å². The molecule has 0 saturated heterocycles. The minimum atomic E-state index is -3.07. The third-order valence-corrected chi connectivity index (χ3v) is 6.15. The molecular formula is C13H18O5S2. The van der Waals surface area contributed by atoms with E-state index in [0.29, 0.717) is 18.6 Å². The molecule has 0 aliphatic heterocycles. The maximum atomic E-state index is 11.6. The van der Waals surface area contributed by atoms with E-state index in [1.807, 2.05) is 6.92 Å². The highest BCUT2D eigenvalue weighted by Crippen LogP contribution is 2.33.